The van der Waals surface area contributed by atoms with Crippen LogP contribution in [0.1, 0.15) is 28.0 Å². The van der Waals surface area contributed by atoms with Crippen molar-refractivity contribution in [3.05, 3.63) is 23.0 Å². The smallest absolute Gasteiger partial charge is 0.338 e. The fourth-order valence-corrected chi connectivity index (χ4v) is 1.61. The SMILES string of the molecule is Nc1cnc(CBr)c(C(F)F)c1C(=O)O. The molecule has 0 fully saturated rings. The van der Waals surface area contributed by atoms with Crippen LogP contribution in [0, 0.1) is 0 Å². The summed E-state index contributed by atoms with van der Waals surface area (Å²) in [5.41, 5.74) is 3.81. The van der Waals surface area contributed by atoms with Gasteiger partial charge in [0, 0.05) is 5.33 Å². The van der Waals surface area contributed by atoms with Gasteiger partial charge in [0.25, 0.3) is 6.43 Å². The van der Waals surface area contributed by atoms with Gasteiger partial charge >= 0.3 is 5.97 Å². The maximum Gasteiger partial charge on any atom is 0.338 e. The molecule has 1 aromatic rings. The maximum atomic E-state index is 12.6. The van der Waals surface area contributed by atoms with E-state index in [0.717, 1.165) is 6.20 Å². The average Bonchev–Trinajstić information content (AvgIpc) is 2.16. The van der Waals surface area contributed by atoms with Gasteiger partial charge in [-0.2, -0.15) is 0 Å². The van der Waals surface area contributed by atoms with Crippen molar-refractivity contribution in [2.24, 2.45) is 0 Å². The molecule has 1 rings (SSSR count). The number of aromatic carboxylic acids is 1. The first-order chi connectivity index (χ1) is 6.99. The van der Waals surface area contributed by atoms with Crippen molar-refractivity contribution in [3.8, 4) is 0 Å². The number of nitrogens with two attached hydrogens (primary N) is 1. The highest BCUT2D eigenvalue weighted by Gasteiger charge is 2.24. The van der Waals surface area contributed by atoms with E-state index in [1.54, 1.807) is 0 Å². The van der Waals surface area contributed by atoms with Crippen LogP contribution in [0.2, 0.25) is 0 Å². The number of alkyl halides is 3. The van der Waals surface area contributed by atoms with Crippen molar-refractivity contribution >= 4 is 27.6 Å². The molecule has 0 unspecified atom stereocenters. The molecule has 0 saturated carbocycles. The lowest BCUT2D eigenvalue weighted by Gasteiger charge is -2.10. The number of rotatable bonds is 3. The normalized spacial score (nSPS) is 10.7. The van der Waals surface area contributed by atoms with Crippen LogP contribution < -0.4 is 5.73 Å². The Hall–Kier alpha value is -1.24. The molecule has 4 nitrogen and oxygen atoms in total. The Morgan fingerprint density at radius 1 is 1.67 bits per heavy atom. The molecule has 15 heavy (non-hydrogen) atoms. The first-order valence-corrected chi connectivity index (χ1v) is 4.95. The van der Waals surface area contributed by atoms with Gasteiger partial charge in [0.15, 0.2) is 0 Å². The van der Waals surface area contributed by atoms with Crippen LogP contribution >= 0.6 is 15.9 Å². The first-order valence-electron chi connectivity index (χ1n) is 3.83. The fraction of sp³-hybridized carbons (Fsp3) is 0.250. The topological polar surface area (TPSA) is 76.2 Å². The molecule has 82 valence electrons. The number of halogens is 3. The number of anilines is 1. The molecule has 0 aliphatic carbocycles. The highest BCUT2D eigenvalue weighted by molar-refractivity contribution is 9.08. The van der Waals surface area contributed by atoms with E-state index in [-0.39, 0.29) is 16.7 Å². The van der Waals surface area contributed by atoms with E-state index in [1.807, 2.05) is 0 Å². The van der Waals surface area contributed by atoms with E-state index in [2.05, 4.69) is 20.9 Å². The van der Waals surface area contributed by atoms with Gasteiger partial charge < -0.3 is 10.8 Å². The van der Waals surface area contributed by atoms with E-state index in [1.165, 1.54) is 0 Å². The Morgan fingerprint density at radius 3 is 2.67 bits per heavy atom. The molecule has 0 aliphatic heterocycles. The summed E-state index contributed by atoms with van der Waals surface area (Å²) < 4.78 is 25.3. The molecule has 0 bridgehead atoms. The molecule has 7 heteroatoms. The van der Waals surface area contributed by atoms with Crippen molar-refractivity contribution in [2.75, 3.05) is 5.73 Å². The van der Waals surface area contributed by atoms with Gasteiger partial charge in [-0.05, 0) is 0 Å². The van der Waals surface area contributed by atoms with E-state index in [9.17, 15) is 13.6 Å². The number of pyridine rings is 1. The number of hydrogen-bond donors (Lipinski definition) is 2. The lowest BCUT2D eigenvalue weighted by atomic mass is 10.1. The molecule has 0 atom stereocenters. The van der Waals surface area contributed by atoms with Gasteiger partial charge in [-0.15, -0.1) is 0 Å². The molecule has 0 spiro atoms. The van der Waals surface area contributed by atoms with Gasteiger partial charge in [0.05, 0.1) is 28.7 Å². The molecule has 3 N–H and O–H groups in total. The largest absolute Gasteiger partial charge is 0.478 e. The highest BCUT2D eigenvalue weighted by Crippen LogP contribution is 2.30. The van der Waals surface area contributed by atoms with Gasteiger partial charge in [-0.3, -0.25) is 4.98 Å². The molecule has 0 amide bonds. The second-order valence-corrected chi connectivity index (χ2v) is 3.25. The quantitative estimate of drug-likeness (QED) is 0.833. The second-order valence-electron chi connectivity index (χ2n) is 2.69. The standard InChI is InChI=1S/C8H7BrF2N2O2/c9-1-4-6(7(10)11)5(8(14)15)3(12)2-13-4/h2,7H,1,12H2,(H,14,15). The molecule has 0 saturated heterocycles. The number of aromatic nitrogens is 1. The minimum Gasteiger partial charge on any atom is -0.478 e. The third kappa shape index (κ3) is 2.23. The molecule has 1 heterocycles. The van der Waals surface area contributed by atoms with Crippen LogP contribution in [0.15, 0.2) is 6.20 Å². The zero-order valence-electron chi connectivity index (χ0n) is 7.38. The molecule has 0 aliphatic rings. The Balaban J connectivity index is 3.51. The number of nitrogen functional groups attached to an aromatic ring is 1. The van der Waals surface area contributed by atoms with Gasteiger partial charge in [0.1, 0.15) is 0 Å². The molecule has 1 aromatic heterocycles. The van der Waals surface area contributed by atoms with Gasteiger partial charge in [0.2, 0.25) is 0 Å². The lowest BCUT2D eigenvalue weighted by molar-refractivity contribution is 0.0685. The van der Waals surface area contributed by atoms with Crippen molar-refractivity contribution in [1.82, 2.24) is 4.98 Å². The zero-order valence-corrected chi connectivity index (χ0v) is 8.96. The number of carbonyl (C=O) groups is 1. The van der Waals surface area contributed by atoms with Crippen LogP contribution in [-0.2, 0) is 5.33 Å². The van der Waals surface area contributed by atoms with Crippen LogP contribution in [-0.4, -0.2) is 16.1 Å². The highest BCUT2D eigenvalue weighted by atomic mass is 79.9. The third-order valence-corrected chi connectivity index (χ3v) is 2.32. The van der Waals surface area contributed by atoms with Crippen LogP contribution in [0.5, 0.6) is 0 Å². The Bertz CT molecular complexity index is 398. The Labute approximate surface area is 92.2 Å². The molecule has 0 aromatic carbocycles. The average molecular weight is 281 g/mol. The minimum atomic E-state index is -2.92. The lowest BCUT2D eigenvalue weighted by Crippen LogP contribution is -2.11. The summed E-state index contributed by atoms with van der Waals surface area (Å²) in [6.07, 6.45) is -1.86. The zero-order chi connectivity index (χ0) is 11.6. The molecular formula is C8H7BrF2N2O2. The summed E-state index contributed by atoms with van der Waals surface area (Å²) in [5, 5.41) is 8.81. The van der Waals surface area contributed by atoms with E-state index >= 15 is 0 Å². The number of hydrogen-bond acceptors (Lipinski definition) is 3. The second kappa shape index (κ2) is 4.52. The fourth-order valence-electron chi connectivity index (χ4n) is 1.16. The van der Waals surface area contributed by atoms with E-state index in [4.69, 9.17) is 10.8 Å². The van der Waals surface area contributed by atoms with Crippen LogP contribution in [0.4, 0.5) is 14.5 Å². The number of carboxylic acid groups (broad SMARTS) is 1. The predicted octanol–water partition coefficient (Wildman–Crippen LogP) is 2.19. The Morgan fingerprint density at radius 2 is 2.27 bits per heavy atom. The summed E-state index contributed by atoms with van der Waals surface area (Å²) in [7, 11) is 0. The maximum absolute atomic E-state index is 12.6. The third-order valence-electron chi connectivity index (χ3n) is 1.79. The summed E-state index contributed by atoms with van der Waals surface area (Å²) in [4.78, 5) is 14.4. The van der Waals surface area contributed by atoms with Crippen molar-refractivity contribution < 1.29 is 18.7 Å². The monoisotopic (exact) mass is 280 g/mol. The summed E-state index contributed by atoms with van der Waals surface area (Å²) >= 11 is 2.95. The summed E-state index contributed by atoms with van der Waals surface area (Å²) in [6, 6.07) is 0. The van der Waals surface area contributed by atoms with Crippen LogP contribution in [0.25, 0.3) is 0 Å². The molecular weight excluding hydrogens is 274 g/mol. The molecule has 0 radical (unpaired) electrons. The van der Waals surface area contributed by atoms with Crippen molar-refractivity contribution in [3.63, 3.8) is 0 Å². The van der Waals surface area contributed by atoms with Gasteiger partial charge in [-0.1, -0.05) is 15.9 Å². The summed E-state index contributed by atoms with van der Waals surface area (Å²) in [6.45, 7) is 0. The van der Waals surface area contributed by atoms with Gasteiger partial charge in [-0.25, -0.2) is 13.6 Å². The van der Waals surface area contributed by atoms with Crippen molar-refractivity contribution in [2.45, 2.75) is 11.8 Å². The van der Waals surface area contributed by atoms with Crippen molar-refractivity contribution in [1.29, 1.82) is 0 Å². The van der Waals surface area contributed by atoms with E-state index < -0.39 is 23.5 Å². The predicted molar refractivity (Wildman–Crippen MR) is 53.2 cm³/mol. The Kier molecular flexibility index (Phi) is 3.57. The van der Waals surface area contributed by atoms with Crippen LogP contribution in [0.3, 0.4) is 0 Å². The minimum absolute atomic E-state index is 0.0170. The first kappa shape index (κ1) is 11.8. The number of nitrogens with zero attached hydrogens (tertiary/aromatic N) is 1. The number of carboxylic acids is 1. The van der Waals surface area contributed by atoms with E-state index in [0.29, 0.717) is 0 Å². The summed E-state index contributed by atoms with van der Waals surface area (Å²) in [5.74, 6) is -1.48.